The van der Waals surface area contributed by atoms with Crippen molar-refractivity contribution in [3.63, 3.8) is 0 Å². The summed E-state index contributed by atoms with van der Waals surface area (Å²) in [6, 6.07) is 0. The molecule has 12 heavy (non-hydrogen) atoms. The van der Waals surface area contributed by atoms with Crippen LogP contribution >= 0.6 is 0 Å². The quantitative estimate of drug-likeness (QED) is 0.648. The van der Waals surface area contributed by atoms with Crippen molar-refractivity contribution in [1.29, 1.82) is 0 Å². The summed E-state index contributed by atoms with van der Waals surface area (Å²) in [6.07, 6.45) is 4.84. The topological polar surface area (TPSA) is 23.5 Å². The summed E-state index contributed by atoms with van der Waals surface area (Å²) in [5, 5.41) is 8.62. The number of hydrogen-bond donors (Lipinski definition) is 1. The molecule has 0 radical (unpaired) electrons. The van der Waals surface area contributed by atoms with Gasteiger partial charge in [-0.3, -0.25) is 0 Å². The zero-order chi connectivity index (χ0) is 8.81. The molecular weight excluding hydrogens is 150 g/mol. The van der Waals surface area contributed by atoms with Crippen LogP contribution in [0.5, 0.6) is 0 Å². The van der Waals surface area contributed by atoms with Gasteiger partial charge < -0.3 is 10.0 Å². The van der Waals surface area contributed by atoms with Gasteiger partial charge in [0.25, 0.3) is 0 Å². The number of nitrogens with zero attached hydrogens (tertiary/aromatic N) is 1. The van der Waals surface area contributed by atoms with Gasteiger partial charge in [-0.15, -0.1) is 0 Å². The van der Waals surface area contributed by atoms with Gasteiger partial charge in [0.2, 0.25) is 0 Å². The lowest BCUT2D eigenvalue weighted by molar-refractivity contribution is 0.183. The molecule has 0 aromatic rings. The monoisotopic (exact) mass is 171 g/mol. The van der Waals surface area contributed by atoms with E-state index in [0.29, 0.717) is 6.61 Å². The lowest BCUT2D eigenvalue weighted by atomic mass is 9.99. The highest BCUT2D eigenvalue weighted by Gasteiger charge is 2.14. The molecule has 0 aromatic carbocycles. The van der Waals surface area contributed by atoms with Gasteiger partial charge in [-0.05, 0) is 51.2 Å². The highest BCUT2D eigenvalue weighted by Crippen LogP contribution is 2.15. The number of aliphatic hydroxyl groups excluding tert-OH is 1. The van der Waals surface area contributed by atoms with Gasteiger partial charge in [0.15, 0.2) is 0 Å². The Morgan fingerprint density at radius 2 is 1.92 bits per heavy atom. The molecule has 2 nitrogen and oxygen atoms in total. The molecule has 0 amide bonds. The molecule has 0 bridgehead atoms. The van der Waals surface area contributed by atoms with Crippen molar-refractivity contribution in [3.05, 3.63) is 0 Å². The Hall–Kier alpha value is -0.0800. The average molecular weight is 171 g/mol. The van der Waals surface area contributed by atoms with Gasteiger partial charge >= 0.3 is 0 Å². The standard InChI is InChI=1S/C10H21NO/c1-10-4-7-11(8-5-10)6-2-3-9-12/h10,12H,2-9H2,1H3. The van der Waals surface area contributed by atoms with Crippen molar-refractivity contribution >= 4 is 0 Å². The predicted octanol–water partition coefficient (Wildman–Crippen LogP) is 1.49. The maximum atomic E-state index is 8.62. The fourth-order valence-electron chi connectivity index (χ4n) is 1.73. The van der Waals surface area contributed by atoms with Gasteiger partial charge in [-0.2, -0.15) is 0 Å². The van der Waals surface area contributed by atoms with Crippen LogP contribution in [0.25, 0.3) is 0 Å². The van der Waals surface area contributed by atoms with E-state index < -0.39 is 0 Å². The number of likely N-dealkylation sites (tertiary alicyclic amines) is 1. The van der Waals surface area contributed by atoms with Crippen molar-refractivity contribution in [1.82, 2.24) is 4.90 Å². The lowest BCUT2D eigenvalue weighted by Crippen LogP contribution is -2.33. The molecular formula is C10H21NO. The SMILES string of the molecule is CC1CCN(CCCCO)CC1. The molecule has 0 unspecified atom stereocenters. The molecule has 1 aliphatic rings. The number of piperidine rings is 1. The second kappa shape index (κ2) is 5.55. The number of aliphatic hydroxyl groups is 1. The summed E-state index contributed by atoms with van der Waals surface area (Å²) in [4.78, 5) is 2.52. The summed E-state index contributed by atoms with van der Waals surface area (Å²) in [5.41, 5.74) is 0. The largest absolute Gasteiger partial charge is 0.396 e. The Morgan fingerprint density at radius 3 is 2.50 bits per heavy atom. The first kappa shape index (κ1) is 10.0. The Balaban J connectivity index is 2.01. The minimum absolute atomic E-state index is 0.351. The van der Waals surface area contributed by atoms with Gasteiger partial charge in [-0.1, -0.05) is 6.92 Å². The third-order valence-electron chi connectivity index (χ3n) is 2.76. The average Bonchev–Trinajstić information content (AvgIpc) is 2.09. The van der Waals surface area contributed by atoms with E-state index in [9.17, 15) is 0 Å². The smallest absolute Gasteiger partial charge is 0.0431 e. The number of hydrogen-bond acceptors (Lipinski definition) is 2. The van der Waals surface area contributed by atoms with E-state index in [1.165, 1.54) is 32.5 Å². The van der Waals surface area contributed by atoms with Crippen molar-refractivity contribution in [2.75, 3.05) is 26.2 Å². The van der Waals surface area contributed by atoms with E-state index in [1.807, 2.05) is 0 Å². The summed E-state index contributed by atoms with van der Waals surface area (Å²) < 4.78 is 0. The normalized spacial score (nSPS) is 21.5. The molecule has 1 saturated heterocycles. The number of rotatable bonds is 4. The molecule has 1 aliphatic heterocycles. The van der Waals surface area contributed by atoms with Crippen LogP contribution in [-0.2, 0) is 0 Å². The van der Waals surface area contributed by atoms with Crippen LogP contribution in [0.2, 0.25) is 0 Å². The Labute approximate surface area is 75.6 Å². The van der Waals surface area contributed by atoms with Gasteiger partial charge in [0.1, 0.15) is 0 Å². The molecule has 0 atom stereocenters. The lowest BCUT2D eigenvalue weighted by Gasteiger charge is -2.29. The Morgan fingerprint density at radius 1 is 1.25 bits per heavy atom. The fourth-order valence-corrected chi connectivity index (χ4v) is 1.73. The van der Waals surface area contributed by atoms with Crippen molar-refractivity contribution in [3.8, 4) is 0 Å². The first-order valence-electron chi connectivity index (χ1n) is 5.16. The molecule has 0 spiro atoms. The highest BCUT2D eigenvalue weighted by molar-refractivity contribution is 4.68. The molecule has 1 N–H and O–H groups in total. The third kappa shape index (κ3) is 3.55. The molecule has 1 heterocycles. The molecule has 1 rings (SSSR count). The van der Waals surface area contributed by atoms with Crippen LogP contribution in [0.3, 0.4) is 0 Å². The van der Waals surface area contributed by atoms with Crippen LogP contribution < -0.4 is 0 Å². The molecule has 2 heteroatoms. The van der Waals surface area contributed by atoms with Crippen molar-refractivity contribution in [2.24, 2.45) is 5.92 Å². The van der Waals surface area contributed by atoms with E-state index in [-0.39, 0.29) is 0 Å². The first-order valence-corrected chi connectivity index (χ1v) is 5.16. The van der Waals surface area contributed by atoms with E-state index in [0.717, 1.165) is 18.8 Å². The van der Waals surface area contributed by atoms with E-state index in [4.69, 9.17) is 5.11 Å². The maximum Gasteiger partial charge on any atom is 0.0431 e. The van der Waals surface area contributed by atoms with E-state index in [2.05, 4.69) is 11.8 Å². The summed E-state index contributed by atoms with van der Waals surface area (Å²) in [7, 11) is 0. The van der Waals surface area contributed by atoms with Crippen LogP contribution in [0, 0.1) is 5.92 Å². The fraction of sp³-hybridized carbons (Fsp3) is 1.00. The Bertz CT molecular complexity index is 108. The zero-order valence-electron chi connectivity index (χ0n) is 8.13. The van der Waals surface area contributed by atoms with E-state index >= 15 is 0 Å². The van der Waals surface area contributed by atoms with E-state index in [1.54, 1.807) is 0 Å². The minimum atomic E-state index is 0.351. The maximum absolute atomic E-state index is 8.62. The zero-order valence-corrected chi connectivity index (χ0v) is 8.13. The minimum Gasteiger partial charge on any atom is -0.396 e. The summed E-state index contributed by atoms with van der Waals surface area (Å²) >= 11 is 0. The van der Waals surface area contributed by atoms with Crippen molar-refractivity contribution < 1.29 is 5.11 Å². The number of unbranched alkanes of at least 4 members (excludes halogenated alkanes) is 1. The second-order valence-corrected chi connectivity index (χ2v) is 3.95. The van der Waals surface area contributed by atoms with Gasteiger partial charge in [-0.25, -0.2) is 0 Å². The molecule has 1 fully saturated rings. The van der Waals surface area contributed by atoms with Crippen molar-refractivity contribution in [2.45, 2.75) is 32.6 Å². The van der Waals surface area contributed by atoms with Crippen LogP contribution in [0.4, 0.5) is 0 Å². The van der Waals surface area contributed by atoms with Gasteiger partial charge in [0.05, 0.1) is 0 Å². The molecule has 0 saturated carbocycles. The van der Waals surface area contributed by atoms with Crippen LogP contribution in [0.1, 0.15) is 32.6 Å². The van der Waals surface area contributed by atoms with Crippen LogP contribution in [-0.4, -0.2) is 36.2 Å². The Kier molecular flexibility index (Phi) is 4.62. The second-order valence-electron chi connectivity index (χ2n) is 3.95. The summed E-state index contributed by atoms with van der Waals surface area (Å²) in [6.45, 7) is 6.42. The highest BCUT2D eigenvalue weighted by atomic mass is 16.2. The van der Waals surface area contributed by atoms with Gasteiger partial charge in [0, 0.05) is 6.61 Å². The molecule has 72 valence electrons. The summed E-state index contributed by atoms with van der Waals surface area (Å²) in [5.74, 6) is 0.930. The predicted molar refractivity (Wildman–Crippen MR) is 51.2 cm³/mol. The third-order valence-corrected chi connectivity index (χ3v) is 2.76. The molecule has 0 aromatic heterocycles. The van der Waals surface area contributed by atoms with Crippen LogP contribution in [0.15, 0.2) is 0 Å². The first-order chi connectivity index (χ1) is 5.83. The molecule has 0 aliphatic carbocycles.